The summed E-state index contributed by atoms with van der Waals surface area (Å²) in [4.78, 5) is 14.4. The van der Waals surface area contributed by atoms with E-state index in [1.165, 1.54) is 55.2 Å². The molecule has 1 aromatic carbocycles. The first kappa shape index (κ1) is 18.0. The molecular weight excluding hydrogens is 284 g/mol. The van der Waals surface area contributed by atoms with E-state index in [2.05, 4.69) is 49.3 Å². The predicted molar refractivity (Wildman–Crippen MR) is 96.7 cm³/mol. The zero-order valence-corrected chi connectivity index (χ0v) is 15.0. The summed E-state index contributed by atoms with van der Waals surface area (Å²) in [7, 11) is 2.09. The Morgan fingerprint density at radius 2 is 1.96 bits per heavy atom. The van der Waals surface area contributed by atoms with Crippen molar-refractivity contribution in [2.45, 2.75) is 64.8 Å². The minimum atomic E-state index is 0.0932. The maximum atomic E-state index is 12.2. The Kier molecular flexibility index (Phi) is 7.10. The van der Waals surface area contributed by atoms with E-state index >= 15 is 0 Å². The quantitative estimate of drug-likeness (QED) is 0.790. The Morgan fingerprint density at radius 1 is 1.22 bits per heavy atom. The van der Waals surface area contributed by atoms with Crippen LogP contribution < -0.4 is 5.32 Å². The molecule has 1 aromatic rings. The molecule has 128 valence electrons. The summed E-state index contributed by atoms with van der Waals surface area (Å²) in [6.45, 7) is 6.19. The van der Waals surface area contributed by atoms with Crippen LogP contribution in [0, 0.1) is 0 Å². The highest BCUT2D eigenvalue weighted by molar-refractivity contribution is 5.76. The zero-order chi connectivity index (χ0) is 16.7. The summed E-state index contributed by atoms with van der Waals surface area (Å²) in [5.41, 5.74) is 4.21. The predicted octanol–water partition coefficient (Wildman–Crippen LogP) is 3.86. The van der Waals surface area contributed by atoms with Crippen LogP contribution in [0.4, 0.5) is 0 Å². The van der Waals surface area contributed by atoms with Crippen LogP contribution in [0.1, 0.15) is 68.7 Å². The third-order valence-electron chi connectivity index (χ3n) is 4.86. The molecule has 23 heavy (non-hydrogen) atoms. The number of unbranched alkanes of at least 4 members (excludes halogenated alkanes) is 1. The average molecular weight is 316 g/mol. The van der Waals surface area contributed by atoms with Gasteiger partial charge in [0.2, 0.25) is 5.91 Å². The molecule has 0 saturated carbocycles. The largest absolute Gasteiger partial charge is 0.350 e. The number of aryl methyl sites for hydroxylation is 2. The lowest BCUT2D eigenvalue weighted by molar-refractivity contribution is -0.122. The summed E-state index contributed by atoms with van der Waals surface area (Å²) < 4.78 is 0. The Balaban J connectivity index is 1.81. The van der Waals surface area contributed by atoms with Gasteiger partial charge in [-0.05, 0) is 69.3 Å². The van der Waals surface area contributed by atoms with Gasteiger partial charge in [-0.15, -0.1) is 0 Å². The van der Waals surface area contributed by atoms with Crippen LogP contribution >= 0.6 is 0 Å². The second-order valence-electron chi connectivity index (χ2n) is 6.93. The fourth-order valence-electron chi connectivity index (χ4n) is 3.25. The third-order valence-corrected chi connectivity index (χ3v) is 4.86. The number of nitrogens with one attached hydrogen (secondary N) is 1. The SMILES string of the molecule is CCCCN(C)CCC(=O)NC(C)c1ccc2c(c1)CCCC2. The van der Waals surface area contributed by atoms with Crippen LogP contribution in [0.15, 0.2) is 18.2 Å². The van der Waals surface area contributed by atoms with Crippen LogP contribution in [0.3, 0.4) is 0 Å². The maximum absolute atomic E-state index is 12.2. The van der Waals surface area contributed by atoms with Gasteiger partial charge in [-0.2, -0.15) is 0 Å². The fraction of sp³-hybridized carbons (Fsp3) is 0.650. The molecule has 0 heterocycles. The van der Waals surface area contributed by atoms with Crippen molar-refractivity contribution in [2.75, 3.05) is 20.1 Å². The Hall–Kier alpha value is -1.35. The van der Waals surface area contributed by atoms with Crippen LogP contribution in [0.5, 0.6) is 0 Å². The van der Waals surface area contributed by atoms with E-state index in [1.807, 2.05) is 0 Å². The lowest BCUT2D eigenvalue weighted by Gasteiger charge is -2.21. The van der Waals surface area contributed by atoms with E-state index in [0.717, 1.165) is 13.1 Å². The van der Waals surface area contributed by atoms with Crippen LogP contribution in [0.2, 0.25) is 0 Å². The van der Waals surface area contributed by atoms with Crippen molar-refractivity contribution < 1.29 is 4.79 Å². The number of amides is 1. The van der Waals surface area contributed by atoms with E-state index in [9.17, 15) is 4.79 Å². The van der Waals surface area contributed by atoms with Crippen LogP contribution in [0.25, 0.3) is 0 Å². The molecule has 0 aromatic heterocycles. The first-order valence-corrected chi connectivity index (χ1v) is 9.19. The molecule has 0 radical (unpaired) electrons. The number of benzene rings is 1. The van der Waals surface area contributed by atoms with Crippen molar-refractivity contribution in [2.24, 2.45) is 0 Å². The highest BCUT2D eigenvalue weighted by Crippen LogP contribution is 2.24. The molecule has 1 aliphatic carbocycles. The summed E-state index contributed by atoms with van der Waals surface area (Å²) in [5.74, 6) is 0.151. The minimum Gasteiger partial charge on any atom is -0.350 e. The molecule has 1 aliphatic rings. The lowest BCUT2D eigenvalue weighted by Crippen LogP contribution is -2.31. The molecule has 1 amide bonds. The van der Waals surface area contributed by atoms with Gasteiger partial charge in [0, 0.05) is 13.0 Å². The molecule has 0 bridgehead atoms. The number of rotatable bonds is 8. The second kappa shape index (κ2) is 9.07. The van der Waals surface area contributed by atoms with Crippen molar-refractivity contribution in [3.8, 4) is 0 Å². The van der Waals surface area contributed by atoms with Gasteiger partial charge in [0.15, 0.2) is 0 Å². The van der Waals surface area contributed by atoms with Crippen molar-refractivity contribution in [1.82, 2.24) is 10.2 Å². The number of fused-ring (bicyclic) bond motifs is 1. The normalized spacial score (nSPS) is 15.3. The maximum Gasteiger partial charge on any atom is 0.221 e. The molecule has 2 rings (SSSR count). The van der Waals surface area contributed by atoms with Gasteiger partial charge in [0.25, 0.3) is 0 Å². The van der Waals surface area contributed by atoms with Crippen LogP contribution in [-0.2, 0) is 17.6 Å². The van der Waals surface area contributed by atoms with Crippen molar-refractivity contribution in [3.63, 3.8) is 0 Å². The Labute approximate surface area is 141 Å². The Morgan fingerprint density at radius 3 is 2.70 bits per heavy atom. The molecule has 1 N–H and O–H groups in total. The summed E-state index contributed by atoms with van der Waals surface area (Å²) in [6, 6.07) is 6.83. The van der Waals surface area contributed by atoms with E-state index in [0.29, 0.717) is 6.42 Å². The fourth-order valence-corrected chi connectivity index (χ4v) is 3.25. The Bertz CT molecular complexity index is 512. The van der Waals surface area contributed by atoms with Gasteiger partial charge in [-0.3, -0.25) is 4.79 Å². The minimum absolute atomic E-state index is 0.0932. The number of carbonyl (C=O) groups excluding carboxylic acids is 1. The van der Waals surface area contributed by atoms with E-state index in [-0.39, 0.29) is 11.9 Å². The van der Waals surface area contributed by atoms with Crippen molar-refractivity contribution in [1.29, 1.82) is 0 Å². The lowest BCUT2D eigenvalue weighted by atomic mass is 9.89. The molecule has 1 atom stereocenters. The average Bonchev–Trinajstić information content (AvgIpc) is 2.57. The highest BCUT2D eigenvalue weighted by Gasteiger charge is 2.14. The van der Waals surface area contributed by atoms with Gasteiger partial charge in [0.1, 0.15) is 0 Å². The second-order valence-corrected chi connectivity index (χ2v) is 6.93. The molecule has 1 unspecified atom stereocenters. The number of carbonyl (C=O) groups is 1. The van der Waals surface area contributed by atoms with Gasteiger partial charge in [-0.1, -0.05) is 31.5 Å². The first-order valence-electron chi connectivity index (χ1n) is 9.19. The summed E-state index contributed by atoms with van der Waals surface area (Å²) in [6.07, 6.45) is 7.98. The zero-order valence-electron chi connectivity index (χ0n) is 15.0. The number of nitrogens with zero attached hydrogens (tertiary/aromatic N) is 1. The molecule has 0 spiro atoms. The van der Waals surface area contributed by atoms with E-state index in [1.54, 1.807) is 0 Å². The number of hydrogen-bond donors (Lipinski definition) is 1. The van der Waals surface area contributed by atoms with Crippen molar-refractivity contribution in [3.05, 3.63) is 34.9 Å². The topological polar surface area (TPSA) is 32.3 Å². The smallest absolute Gasteiger partial charge is 0.221 e. The number of hydrogen-bond acceptors (Lipinski definition) is 2. The molecular formula is C20H32N2O. The summed E-state index contributed by atoms with van der Waals surface area (Å²) >= 11 is 0. The summed E-state index contributed by atoms with van der Waals surface area (Å²) in [5, 5.41) is 3.15. The van der Waals surface area contributed by atoms with Gasteiger partial charge < -0.3 is 10.2 Å². The molecule has 0 aliphatic heterocycles. The van der Waals surface area contributed by atoms with Crippen LogP contribution in [-0.4, -0.2) is 30.9 Å². The molecule has 3 heteroatoms. The molecule has 0 saturated heterocycles. The van der Waals surface area contributed by atoms with Gasteiger partial charge in [-0.25, -0.2) is 0 Å². The van der Waals surface area contributed by atoms with Gasteiger partial charge in [0.05, 0.1) is 6.04 Å². The van der Waals surface area contributed by atoms with Crippen molar-refractivity contribution >= 4 is 5.91 Å². The first-order chi connectivity index (χ1) is 11.1. The standard InChI is InChI=1S/C20H32N2O/c1-4-5-13-22(3)14-12-20(23)21-16(2)18-11-10-17-8-6-7-9-19(17)15-18/h10-11,15-16H,4-9,12-14H2,1-3H3,(H,21,23). The van der Waals surface area contributed by atoms with Gasteiger partial charge >= 0.3 is 0 Å². The highest BCUT2D eigenvalue weighted by atomic mass is 16.1. The third kappa shape index (κ3) is 5.65. The van der Waals surface area contributed by atoms with E-state index < -0.39 is 0 Å². The molecule has 3 nitrogen and oxygen atoms in total. The molecule has 0 fully saturated rings. The van der Waals surface area contributed by atoms with E-state index in [4.69, 9.17) is 0 Å². The monoisotopic (exact) mass is 316 g/mol.